The highest BCUT2D eigenvalue weighted by Crippen LogP contribution is 2.28. The topological polar surface area (TPSA) is 67.9 Å². The zero-order valence-corrected chi connectivity index (χ0v) is 17.5. The molecule has 1 fully saturated rings. The van der Waals surface area contributed by atoms with Crippen LogP contribution in [0.5, 0.6) is 11.5 Å². The Morgan fingerprint density at radius 3 is 2.80 bits per heavy atom. The molecule has 0 spiro atoms. The van der Waals surface area contributed by atoms with Crippen LogP contribution in [0.15, 0.2) is 48.5 Å². The predicted octanol–water partition coefficient (Wildman–Crippen LogP) is 4.26. The minimum absolute atomic E-state index is 0.131. The van der Waals surface area contributed by atoms with Gasteiger partial charge >= 0.3 is 0 Å². The van der Waals surface area contributed by atoms with E-state index in [2.05, 4.69) is 5.32 Å². The summed E-state index contributed by atoms with van der Waals surface area (Å²) in [6, 6.07) is 13.1. The number of methoxy groups -OCH3 is 1. The fourth-order valence-electron chi connectivity index (χ4n) is 3.44. The Bertz CT molecular complexity index is 923. The lowest BCUT2D eigenvalue weighted by Crippen LogP contribution is -2.34. The van der Waals surface area contributed by atoms with Crippen LogP contribution in [-0.2, 0) is 16.1 Å². The molecule has 1 N–H and O–H groups in total. The third kappa shape index (κ3) is 5.86. The number of allylic oxidation sites excluding steroid dienone is 1. The molecule has 0 saturated carbocycles. The summed E-state index contributed by atoms with van der Waals surface area (Å²) in [5.74, 6) is 1.02. The Morgan fingerprint density at radius 2 is 2.03 bits per heavy atom. The SMILES string of the molecule is C/C=C/c1ccc(OCC(=O)Nc2cccc(CN3CCCCC3=O)c2)c(OC)c1. The van der Waals surface area contributed by atoms with Gasteiger partial charge < -0.3 is 19.7 Å². The summed E-state index contributed by atoms with van der Waals surface area (Å²) in [7, 11) is 1.57. The van der Waals surface area contributed by atoms with E-state index >= 15 is 0 Å². The fraction of sp³-hybridized carbons (Fsp3) is 0.333. The number of carbonyl (C=O) groups excluding carboxylic acids is 2. The van der Waals surface area contributed by atoms with E-state index in [1.807, 2.05) is 60.4 Å². The first-order chi connectivity index (χ1) is 14.6. The molecule has 0 radical (unpaired) electrons. The molecule has 30 heavy (non-hydrogen) atoms. The zero-order valence-electron chi connectivity index (χ0n) is 17.5. The van der Waals surface area contributed by atoms with Crippen molar-refractivity contribution < 1.29 is 19.1 Å². The Labute approximate surface area is 177 Å². The van der Waals surface area contributed by atoms with Crippen LogP contribution >= 0.6 is 0 Å². The number of ether oxygens (including phenoxy) is 2. The second-order valence-corrected chi connectivity index (χ2v) is 7.22. The maximum Gasteiger partial charge on any atom is 0.262 e. The first-order valence-electron chi connectivity index (χ1n) is 10.2. The molecule has 0 unspecified atom stereocenters. The smallest absolute Gasteiger partial charge is 0.262 e. The van der Waals surface area contributed by atoms with E-state index in [0.717, 1.165) is 30.5 Å². The van der Waals surface area contributed by atoms with E-state index < -0.39 is 0 Å². The van der Waals surface area contributed by atoms with Crippen molar-refractivity contribution in [3.63, 3.8) is 0 Å². The highest BCUT2D eigenvalue weighted by Gasteiger charge is 2.18. The Hall–Kier alpha value is -3.28. The number of piperidine rings is 1. The highest BCUT2D eigenvalue weighted by atomic mass is 16.5. The number of rotatable bonds is 8. The Morgan fingerprint density at radius 1 is 1.17 bits per heavy atom. The number of amides is 2. The molecule has 1 aliphatic rings. The first kappa shape index (κ1) is 21.4. The molecule has 0 aromatic heterocycles. The molecule has 1 saturated heterocycles. The van der Waals surface area contributed by atoms with Gasteiger partial charge in [0.05, 0.1) is 7.11 Å². The van der Waals surface area contributed by atoms with Crippen LogP contribution in [0, 0.1) is 0 Å². The second kappa shape index (κ2) is 10.5. The summed E-state index contributed by atoms with van der Waals surface area (Å²) in [5.41, 5.74) is 2.67. The molecular formula is C24H28N2O4. The van der Waals surface area contributed by atoms with Crippen LogP contribution in [0.1, 0.15) is 37.3 Å². The average molecular weight is 408 g/mol. The van der Waals surface area contributed by atoms with Gasteiger partial charge in [-0.25, -0.2) is 0 Å². The van der Waals surface area contributed by atoms with Crippen LogP contribution < -0.4 is 14.8 Å². The van der Waals surface area contributed by atoms with Gasteiger partial charge in [0.15, 0.2) is 18.1 Å². The van der Waals surface area contributed by atoms with Crippen molar-refractivity contribution >= 4 is 23.6 Å². The molecular weight excluding hydrogens is 380 g/mol. The number of likely N-dealkylation sites (tertiary alicyclic amines) is 1. The molecule has 2 aromatic carbocycles. The van der Waals surface area contributed by atoms with Gasteiger partial charge in [-0.3, -0.25) is 9.59 Å². The average Bonchev–Trinajstić information content (AvgIpc) is 2.75. The third-order valence-corrected chi connectivity index (χ3v) is 4.91. The summed E-state index contributed by atoms with van der Waals surface area (Å²) in [6.45, 7) is 3.17. The maximum atomic E-state index is 12.4. The normalized spacial score (nSPS) is 14.1. The number of carbonyl (C=O) groups is 2. The van der Waals surface area contributed by atoms with Gasteiger partial charge in [0.25, 0.3) is 5.91 Å². The lowest BCUT2D eigenvalue weighted by Gasteiger charge is -2.26. The fourth-order valence-corrected chi connectivity index (χ4v) is 3.44. The van der Waals surface area contributed by atoms with Crippen LogP contribution in [0.2, 0.25) is 0 Å². The van der Waals surface area contributed by atoms with E-state index in [-0.39, 0.29) is 18.4 Å². The second-order valence-electron chi connectivity index (χ2n) is 7.22. The number of anilines is 1. The summed E-state index contributed by atoms with van der Waals surface area (Å²) in [4.78, 5) is 26.2. The van der Waals surface area contributed by atoms with Gasteiger partial charge in [0, 0.05) is 25.2 Å². The van der Waals surface area contributed by atoms with Crippen LogP contribution in [0.25, 0.3) is 6.08 Å². The number of nitrogens with zero attached hydrogens (tertiary/aromatic N) is 1. The Kier molecular flexibility index (Phi) is 7.49. The van der Waals surface area contributed by atoms with E-state index in [4.69, 9.17) is 9.47 Å². The van der Waals surface area contributed by atoms with E-state index in [1.165, 1.54) is 0 Å². The number of benzene rings is 2. The van der Waals surface area contributed by atoms with Gasteiger partial charge in [-0.1, -0.05) is 30.4 Å². The zero-order chi connectivity index (χ0) is 21.3. The van der Waals surface area contributed by atoms with E-state index in [1.54, 1.807) is 13.2 Å². The highest BCUT2D eigenvalue weighted by molar-refractivity contribution is 5.92. The lowest BCUT2D eigenvalue weighted by atomic mass is 10.1. The molecule has 2 aromatic rings. The summed E-state index contributed by atoms with van der Waals surface area (Å²) < 4.78 is 11.0. The minimum atomic E-state index is -0.263. The van der Waals surface area contributed by atoms with Crippen molar-refractivity contribution in [3.05, 3.63) is 59.7 Å². The Balaban J connectivity index is 1.57. The number of nitrogens with one attached hydrogen (secondary N) is 1. The number of hydrogen-bond donors (Lipinski definition) is 1. The minimum Gasteiger partial charge on any atom is -0.493 e. The molecule has 158 valence electrons. The van der Waals surface area contributed by atoms with Crippen molar-refractivity contribution in [2.45, 2.75) is 32.7 Å². The van der Waals surface area contributed by atoms with Crippen molar-refractivity contribution in [3.8, 4) is 11.5 Å². The van der Waals surface area contributed by atoms with Crippen molar-refractivity contribution in [2.75, 3.05) is 25.6 Å². The van der Waals surface area contributed by atoms with Crippen molar-refractivity contribution in [1.82, 2.24) is 4.90 Å². The van der Waals surface area contributed by atoms with Crippen LogP contribution in [-0.4, -0.2) is 37.0 Å². The van der Waals surface area contributed by atoms with E-state index in [9.17, 15) is 9.59 Å². The maximum absolute atomic E-state index is 12.4. The summed E-state index contributed by atoms with van der Waals surface area (Å²) in [6.07, 6.45) is 6.53. The van der Waals surface area contributed by atoms with Crippen LogP contribution in [0.4, 0.5) is 5.69 Å². The standard InChI is InChI=1S/C24H28N2O4/c1-3-7-18-11-12-21(22(15-18)29-2)30-17-23(27)25-20-9-6-8-19(14-20)16-26-13-5-4-10-24(26)28/h3,6-9,11-12,14-15H,4-5,10,13,16-17H2,1-2H3,(H,25,27)/b7-3+. The predicted molar refractivity (Wildman–Crippen MR) is 118 cm³/mol. The molecule has 6 heteroatoms. The quantitative estimate of drug-likeness (QED) is 0.709. The molecule has 1 aliphatic heterocycles. The molecule has 2 amide bonds. The van der Waals surface area contributed by atoms with Gasteiger partial charge in [-0.05, 0) is 55.2 Å². The first-order valence-corrected chi connectivity index (χ1v) is 10.2. The van der Waals surface area contributed by atoms with Gasteiger partial charge in [0.1, 0.15) is 0 Å². The summed E-state index contributed by atoms with van der Waals surface area (Å²) in [5, 5.41) is 2.85. The largest absolute Gasteiger partial charge is 0.493 e. The monoisotopic (exact) mass is 408 g/mol. The molecule has 0 atom stereocenters. The van der Waals surface area contributed by atoms with E-state index in [0.29, 0.717) is 30.2 Å². The van der Waals surface area contributed by atoms with Crippen molar-refractivity contribution in [1.29, 1.82) is 0 Å². The molecule has 6 nitrogen and oxygen atoms in total. The molecule has 0 bridgehead atoms. The van der Waals surface area contributed by atoms with Gasteiger partial charge in [0.2, 0.25) is 5.91 Å². The van der Waals surface area contributed by atoms with Gasteiger partial charge in [-0.15, -0.1) is 0 Å². The summed E-state index contributed by atoms with van der Waals surface area (Å²) >= 11 is 0. The van der Waals surface area contributed by atoms with Crippen molar-refractivity contribution in [2.24, 2.45) is 0 Å². The number of hydrogen-bond acceptors (Lipinski definition) is 4. The molecule has 0 aliphatic carbocycles. The lowest BCUT2D eigenvalue weighted by molar-refractivity contribution is -0.133. The third-order valence-electron chi connectivity index (χ3n) is 4.91. The molecule has 3 rings (SSSR count). The van der Waals surface area contributed by atoms with Gasteiger partial charge in [-0.2, -0.15) is 0 Å². The molecule has 1 heterocycles. The van der Waals surface area contributed by atoms with Crippen LogP contribution in [0.3, 0.4) is 0 Å².